The molecule has 3 amide bonds. The van der Waals surface area contributed by atoms with Crippen LogP contribution in [0.15, 0.2) is 42.5 Å². The molecule has 30 heavy (non-hydrogen) atoms. The molecule has 0 bridgehead atoms. The Bertz CT molecular complexity index is 1020. The van der Waals surface area contributed by atoms with Crippen LogP contribution < -0.4 is 10.2 Å². The number of hydrogen-bond donors (Lipinski definition) is 1. The van der Waals surface area contributed by atoms with E-state index in [1.165, 1.54) is 4.90 Å². The molecule has 5 nitrogen and oxygen atoms in total. The predicted molar refractivity (Wildman–Crippen MR) is 125 cm³/mol. The first kappa shape index (κ1) is 21.5. The normalized spacial score (nSPS) is 25.9. The summed E-state index contributed by atoms with van der Waals surface area (Å²) in [6.45, 7) is 1.81. The minimum atomic E-state index is -0.400. The number of halogens is 3. The second-order valence-electron chi connectivity index (χ2n) is 7.61. The molecule has 8 heteroatoms. The van der Waals surface area contributed by atoms with E-state index >= 15 is 0 Å². The zero-order valence-corrected chi connectivity index (χ0v) is 20.0. The molecule has 2 aromatic rings. The van der Waals surface area contributed by atoms with Crippen molar-refractivity contribution in [2.24, 2.45) is 11.8 Å². The number of imide groups is 1. The quantitative estimate of drug-likeness (QED) is 0.412. The summed E-state index contributed by atoms with van der Waals surface area (Å²) in [6, 6.07) is 12.0. The third-order valence-corrected chi connectivity index (χ3v) is 8.96. The molecule has 0 radical (unpaired) electrons. The van der Waals surface area contributed by atoms with Crippen molar-refractivity contribution in [3.8, 4) is 0 Å². The van der Waals surface area contributed by atoms with Crippen LogP contribution in [0.1, 0.15) is 28.8 Å². The first-order valence-electron chi connectivity index (χ1n) is 9.61. The standard InChI is InChI=1S/C22H19Br2ClN2O3/c1-11-17(25)6-4-7-18(11)26-20(28)12-5-2-3-8-19(12)27-21(29)13-9-15(23)16(24)10-14(13)22(27)30/h2-8,13-16H,9-10H2,1H3,(H,26,28)/t13-,14+,15-,16-/m0/s1. The maximum absolute atomic E-state index is 13.2. The number of carbonyl (C=O) groups excluding carboxylic acids is 3. The van der Waals surface area contributed by atoms with E-state index in [1.807, 2.05) is 6.92 Å². The summed E-state index contributed by atoms with van der Waals surface area (Å²) in [7, 11) is 0. The molecule has 1 aliphatic carbocycles. The molecule has 2 aliphatic rings. The van der Waals surface area contributed by atoms with E-state index in [0.29, 0.717) is 29.2 Å². The van der Waals surface area contributed by atoms with Crippen molar-refractivity contribution in [1.29, 1.82) is 0 Å². The lowest BCUT2D eigenvalue weighted by molar-refractivity contribution is -0.122. The van der Waals surface area contributed by atoms with Crippen LogP contribution in [0.2, 0.25) is 5.02 Å². The van der Waals surface area contributed by atoms with Gasteiger partial charge < -0.3 is 5.32 Å². The smallest absolute Gasteiger partial charge is 0.257 e. The van der Waals surface area contributed by atoms with Crippen LogP contribution in [-0.2, 0) is 9.59 Å². The summed E-state index contributed by atoms with van der Waals surface area (Å²) < 4.78 is 0. The minimum absolute atomic E-state index is 0.125. The number of para-hydroxylation sites is 1. The average Bonchev–Trinajstić information content (AvgIpc) is 2.95. The molecule has 4 atom stereocenters. The fourth-order valence-corrected chi connectivity index (χ4v) is 5.54. The van der Waals surface area contributed by atoms with E-state index < -0.39 is 5.91 Å². The number of anilines is 2. The molecule has 156 valence electrons. The summed E-state index contributed by atoms with van der Waals surface area (Å²) in [5.74, 6) is -1.63. The second kappa shape index (κ2) is 8.44. The number of amides is 3. The Morgan fingerprint density at radius 3 is 2.23 bits per heavy atom. The molecule has 4 rings (SSSR count). The Morgan fingerprint density at radius 2 is 1.60 bits per heavy atom. The molecular formula is C22H19Br2ClN2O3. The van der Waals surface area contributed by atoms with Crippen molar-refractivity contribution in [1.82, 2.24) is 0 Å². The summed E-state index contributed by atoms with van der Waals surface area (Å²) >= 11 is 13.3. The summed E-state index contributed by atoms with van der Waals surface area (Å²) in [6.07, 6.45) is 1.16. The SMILES string of the molecule is Cc1c(Cl)cccc1NC(=O)c1ccccc1N1C(=O)[C@H]2C[C@H](Br)[C@@H](Br)C[C@H]2C1=O. The lowest BCUT2D eigenvalue weighted by Crippen LogP contribution is -2.34. The van der Waals surface area contributed by atoms with Crippen molar-refractivity contribution >= 4 is 72.6 Å². The minimum Gasteiger partial charge on any atom is -0.322 e. The Hall–Kier alpha value is -1.70. The van der Waals surface area contributed by atoms with Crippen LogP contribution in [-0.4, -0.2) is 27.4 Å². The lowest BCUT2D eigenvalue weighted by Gasteiger charge is -2.29. The highest BCUT2D eigenvalue weighted by Crippen LogP contribution is 2.45. The zero-order valence-electron chi connectivity index (χ0n) is 16.1. The van der Waals surface area contributed by atoms with Crippen LogP contribution >= 0.6 is 43.5 Å². The summed E-state index contributed by atoms with van der Waals surface area (Å²) in [4.78, 5) is 40.8. The Morgan fingerprint density at radius 1 is 1.00 bits per heavy atom. The van der Waals surface area contributed by atoms with Crippen LogP contribution in [0.25, 0.3) is 0 Å². The van der Waals surface area contributed by atoms with Gasteiger partial charge in [-0.1, -0.05) is 61.7 Å². The van der Waals surface area contributed by atoms with E-state index in [0.717, 1.165) is 5.56 Å². The summed E-state index contributed by atoms with van der Waals surface area (Å²) in [5.41, 5.74) is 1.91. The number of carbonyl (C=O) groups is 3. The number of fused-ring (bicyclic) bond motifs is 1. The number of hydrogen-bond acceptors (Lipinski definition) is 3. The molecule has 0 aromatic heterocycles. The van der Waals surface area contributed by atoms with Crippen LogP contribution in [0, 0.1) is 18.8 Å². The highest BCUT2D eigenvalue weighted by molar-refractivity contribution is 9.12. The predicted octanol–water partition coefficient (Wildman–Crippen LogP) is 5.33. The van der Waals surface area contributed by atoms with Gasteiger partial charge in [-0.15, -0.1) is 0 Å². The van der Waals surface area contributed by atoms with Crippen molar-refractivity contribution in [2.45, 2.75) is 29.4 Å². The Balaban J connectivity index is 1.67. The Kier molecular flexibility index (Phi) is 6.06. The van der Waals surface area contributed by atoms with E-state index in [1.54, 1.807) is 42.5 Å². The zero-order chi connectivity index (χ0) is 21.6. The van der Waals surface area contributed by atoms with E-state index in [2.05, 4.69) is 37.2 Å². The van der Waals surface area contributed by atoms with Gasteiger partial charge in [0, 0.05) is 20.4 Å². The maximum Gasteiger partial charge on any atom is 0.257 e. The van der Waals surface area contributed by atoms with Crippen LogP contribution in [0.5, 0.6) is 0 Å². The van der Waals surface area contributed by atoms with Crippen molar-refractivity contribution < 1.29 is 14.4 Å². The van der Waals surface area contributed by atoms with E-state index in [9.17, 15) is 14.4 Å². The van der Waals surface area contributed by atoms with Gasteiger partial charge in [0.05, 0.1) is 23.1 Å². The van der Waals surface area contributed by atoms with Gasteiger partial charge in [0.2, 0.25) is 11.8 Å². The molecule has 0 unspecified atom stereocenters. The second-order valence-corrected chi connectivity index (χ2v) is 10.4. The Labute approximate surface area is 196 Å². The number of nitrogens with one attached hydrogen (secondary N) is 1. The molecule has 1 saturated heterocycles. The van der Waals surface area contributed by atoms with Gasteiger partial charge in [0.25, 0.3) is 5.91 Å². The fourth-order valence-electron chi connectivity index (χ4n) is 4.13. The first-order chi connectivity index (χ1) is 14.3. The highest BCUT2D eigenvalue weighted by atomic mass is 79.9. The lowest BCUT2D eigenvalue weighted by atomic mass is 9.81. The average molecular weight is 555 g/mol. The molecule has 0 spiro atoms. The van der Waals surface area contributed by atoms with Crippen molar-refractivity contribution in [3.63, 3.8) is 0 Å². The number of rotatable bonds is 3. The van der Waals surface area contributed by atoms with E-state index in [4.69, 9.17) is 11.6 Å². The molecule has 1 heterocycles. The highest BCUT2D eigenvalue weighted by Gasteiger charge is 2.52. The fraction of sp³-hybridized carbons (Fsp3) is 0.318. The largest absolute Gasteiger partial charge is 0.322 e. The third kappa shape index (κ3) is 3.72. The number of nitrogens with zero attached hydrogens (tertiary/aromatic N) is 1. The van der Waals surface area contributed by atoms with Crippen LogP contribution in [0.4, 0.5) is 11.4 Å². The third-order valence-electron chi connectivity index (χ3n) is 5.82. The van der Waals surface area contributed by atoms with E-state index in [-0.39, 0.29) is 38.9 Å². The number of alkyl halides is 2. The van der Waals surface area contributed by atoms with Crippen LogP contribution in [0.3, 0.4) is 0 Å². The van der Waals surface area contributed by atoms with Gasteiger partial charge in [0.1, 0.15) is 0 Å². The maximum atomic E-state index is 13.2. The topological polar surface area (TPSA) is 66.5 Å². The van der Waals surface area contributed by atoms with Gasteiger partial charge >= 0.3 is 0 Å². The molecule has 1 aliphatic heterocycles. The first-order valence-corrected chi connectivity index (χ1v) is 11.8. The van der Waals surface area contributed by atoms with Crippen molar-refractivity contribution in [2.75, 3.05) is 10.2 Å². The van der Waals surface area contributed by atoms with Gasteiger partial charge in [-0.05, 0) is 49.6 Å². The van der Waals surface area contributed by atoms with Crippen molar-refractivity contribution in [3.05, 3.63) is 58.6 Å². The van der Waals surface area contributed by atoms with Gasteiger partial charge in [0.15, 0.2) is 0 Å². The van der Waals surface area contributed by atoms with Gasteiger partial charge in [-0.2, -0.15) is 0 Å². The molecule has 2 aromatic carbocycles. The number of benzene rings is 2. The molecule has 2 fully saturated rings. The monoisotopic (exact) mass is 552 g/mol. The van der Waals surface area contributed by atoms with Gasteiger partial charge in [-0.25, -0.2) is 4.90 Å². The summed E-state index contributed by atoms with van der Waals surface area (Å²) in [5, 5.41) is 3.40. The van der Waals surface area contributed by atoms with Gasteiger partial charge in [-0.3, -0.25) is 14.4 Å². The molecular weight excluding hydrogens is 536 g/mol. The molecule has 1 saturated carbocycles. The molecule has 1 N–H and O–H groups in total.